The summed E-state index contributed by atoms with van der Waals surface area (Å²) in [5.41, 5.74) is 0. The molecule has 0 rings (SSSR count). The van der Waals surface area contributed by atoms with Crippen LogP contribution in [0.3, 0.4) is 0 Å². The van der Waals surface area contributed by atoms with Crippen LogP contribution in [-0.4, -0.2) is 87.4 Å². The summed E-state index contributed by atoms with van der Waals surface area (Å²) in [6, 6.07) is -0.760. The van der Waals surface area contributed by atoms with Gasteiger partial charge in [0.15, 0.2) is 0 Å². The highest BCUT2D eigenvalue weighted by molar-refractivity contribution is 5.83. The highest BCUT2D eigenvalue weighted by Gasteiger charge is 2.20. The molecule has 0 aliphatic rings. The van der Waals surface area contributed by atoms with Crippen molar-refractivity contribution in [1.29, 1.82) is 0 Å². The van der Waals surface area contributed by atoms with E-state index in [1.165, 1.54) is 0 Å². The van der Waals surface area contributed by atoms with Crippen LogP contribution in [0.15, 0.2) is 0 Å². The van der Waals surface area contributed by atoms with Crippen molar-refractivity contribution in [1.82, 2.24) is 5.32 Å². The van der Waals surface area contributed by atoms with Crippen molar-refractivity contribution in [3.8, 4) is 0 Å². The van der Waals surface area contributed by atoms with E-state index in [0.29, 0.717) is 12.8 Å². The Labute approximate surface area is 135 Å². The highest BCUT2D eigenvalue weighted by Crippen LogP contribution is 2.06. The third-order valence-corrected chi connectivity index (χ3v) is 3.44. The lowest BCUT2D eigenvalue weighted by Gasteiger charge is -2.24. The number of carbonyl (C=O) groups excluding carboxylic acids is 1. The molecule has 0 aromatic carbocycles. The van der Waals surface area contributed by atoms with Gasteiger partial charge in [0.2, 0.25) is 5.91 Å². The number of hydrogen-bond acceptors (Lipinski definition) is 2. The van der Waals surface area contributed by atoms with Gasteiger partial charge in [-0.1, -0.05) is 0 Å². The van der Waals surface area contributed by atoms with Gasteiger partial charge >= 0.3 is 5.97 Å². The molecule has 0 radical (unpaired) electrons. The van der Waals surface area contributed by atoms with Gasteiger partial charge in [0.05, 0.1) is 55.4 Å². The van der Waals surface area contributed by atoms with Gasteiger partial charge in [-0.05, 0) is 19.3 Å². The quantitative estimate of drug-likeness (QED) is 0.440. The number of carboxylic acid groups (broad SMARTS) is 1. The van der Waals surface area contributed by atoms with Gasteiger partial charge in [0, 0.05) is 12.8 Å². The molecule has 130 valence electrons. The van der Waals surface area contributed by atoms with E-state index in [9.17, 15) is 14.7 Å². The molecule has 2 N–H and O–H groups in total. The monoisotopic (exact) mass is 317 g/mol. The van der Waals surface area contributed by atoms with Crippen molar-refractivity contribution in [3.63, 3.8) is 0 Å². The summed E-state index contributed by atoms with van der Waals surface area (Å²) in [4.78, 5) is 23.1. The topological polar surface area (TPSA) is 66.4 Å². The third-order valence-electron chi connectivity index (χ3n) is 3.44. The molecule has 0 unspecified atom stereocenters. The second kappa shape index (κ2) is 9.10. The number of nitrogens with one attached hydrogen (secondary N) is 1. The molecular formula is C16H35N3O3+2. The minimum absolute atomic E-state index is 0.160. The number of amides is 1. The molecule has 0 heterocycles. The van der Waals surface area contributed by atoms with Gasteiger partial charge in [-0.15, -0.1) is 0 Å². The molecule has 6 heteroatoms. The first kappa shape index (κ1) is 20.9. The van der Waals surface area contributed by atoms with Crippen LogP contribution in [0.1, 0.15) is 32.1 Å². The van der Waals surface area contributed by atoms with Crippen molar-refractivity contribution < 1.29 is 23.7 Å². The average molecular weight is 317 g/mol. The maximum atomic E-state index is 11.9. The average Bonchev–Trinajstić information content (AvgIpc) is 2.29. The van der Waals surface area contributed by atoms with Crippen LogP contribution in [0.5, 0.6) is 0 Å². The fraction of sp³-hybridized carbons (Fsp3) is 0.875. The Balaban J connectivity index is 4.08. The summed E-state index contributed by atoms with van der Waals surface area (Å²) < 4.78 is 1.68. The fourth-order valence-corrected chi connectivity index (χ4v) is 2.17. The first-order chi connectivity index (χ1) is 9.91. The molecule has 1 amide bonds. The zero-order valence-electron chi connectivity index (χ0n) is 15.2. The number of unbranched alkanes of at least 4 members (excludes halogenated alkanes) is 1. The van der Waals surface area contributed by atoms with Gasteiger partial charge in [0.25, 0.3) is 0 Å². The fourth-order valence-electron chi connectivity index (χ4n) is 2.17. The minimum atomic E-state index is -0.940. The zero-order valence-corrected chi connectivity index (χ0v) is 15.2. The number of carbonyl (C=O) groups is 2. The van der Waals surface area contributed by atoms with E-state index in [4.69, 9.17) is 0 Å². The highest BCUT2D eigenvalue weighted by atomic mass is 16.4. The molecule has 0 aromatic heterocycles. The van der Waals surface area contributed by atoms with Crippen molar-refractivity contribution >= 4 is 11.9 Å². The predicted molar refractivity (Wildman–Crippen MR) is 88.5 cm³/mol. The predicted octanol–water partition coefficient (Wildman–Crippen LogP) is 0.919. The molecule has 0 fully saturated rings. The van der Waals surface area contributed by atoms with Crippen LogP contribution in [0.2, 0.25) is 0 Å². The Kier molecular flexibility index (Phi) is 8.63. The molecule has 0 saturated heterocycles. The van der Waals surface area contributed by atoms with Crippen LogP contribution in [-0.2, 0) is 9.59 Å². The molecular weight excluding hydrogens is 282 g/mol. The van der Waals surface area contributed by atoms with Crippen LogP contribution < -0.4 is 5.32 Å². The van der Waals surface area contributed by atoms with E-state index in [1.807, 2.05) is 0 Å². The molecule has 22 heavy (non-hydrogen) atoms. The standard InChI is InChI=1S/C16H33N3O3/c1-18(2,3)12-8-7-10-14(16(21)22)17-15(20)11-9-13-19(4,5)6/h14H,7-13H2,1-6H3/p+2/t14-/m1/s1. The molecule has 1 atom stereocenters. The lowest BCUT2D eigenvalue weighted by molar-refractivity contribution is -0.870. The summed E-state index contributed by atoms with van der Waals surface area (Å²) in [5, 5.41) is 11.9. The molecule has 0 aliphatic heterocycles. The number of hydrogen-bond donors (Lipinski definition) is 2. The molecule has 0 saturated carbocycles. The summed E-state index contributed by atoms with van der Waals surface area (Å²) >= 11 is 0. The number of rotatable bonds is 11. The van der Waals surface area contributed by atoms with E-state index < -0.39 is 12.0 Å². The van der Waals surface area contributed by atoms with Crippen LogP contribution in [0.25, 0.3) is 0 Å². The molecule has 6 nitrogen and oxygen atoms in total. The van der Waals surface area contributed by atoms with Gasteiger partial charge in [-0.3, -0.25) is 4.79 Å². The van der Waals surface area contributed by atoms with Crippen molar-refractivity contribution in [2.24, 2.45) is 0 Å². The Morgan fingerprint density at radius 2 is 1.41 bits per heavy atom. The maximum Gasteiger partial charge on any atom is 0.326 e. The summed E-state index contributed by atoms with van der Waals surface area (Å²) in [6.45, 7) is 1.90. The van der Waals surface area contributed by atoms with Crippen LogP contribution >= 0.6 is 0 Å². The van der Waals surface area contributed by atoms with Gasteiger partial charge in [-0.2, -0.15) is 0 Å². The first-order valence-corrected chi connectivity index (χ1v) is 8.04. The molecule has 0 spiro atoms. The van der Waals surface area contributed by atoms with Gasteiger partial charge in [0.1, 0.15) is 6.04 Å². The Bertz CT molecular complexity index is 357. The summed E-state index contributed by atoms with van der Waals surface area (Å²) in [7, 11) is 12.6. The van der Waals surface area contributed by atoms with Crippen molar-refractivity contribution in [2.75, 3.05) is 55.4 Å². The molecule has 0 aromatic rings. The normalized spacial score (nSPS) is 13.7. The SMILES string of the molecule is C[N+](C)(C)CCCC[C@@H](NC(=O)CCC[N+](C)(C)C)C(=O)O. The van der Waals surface area contributed by atoms with E-state index in [-0.39, 0.29) is 5.91 Å². The lowest BCUT2D eigenvalue weighted by Crippen LogP contribution is -2.42. The largest absolute Gasteiger partial charge is 0.480 e. The molecule has 0 bridgehead atoms. The first-order valence-electron chi connectivity index (χ1n) is 8.04. The number of quaternary nitrogens is 2. The number of carboxylic acids is 1. The third kappa shape index (κ3) is 12.6. The Morgan fingerprint density at radius 1 is 0.909 bits per heavy atom. The second-order valence-electron chi connectivity index (χ2n) is 8.09. The minimum Gasteiger partial charge on any atom is -0.480 e. The van der Waals surface area contributed by atoms with E-state index in [1.54, 1.807) is 0 Å². The van der Waals surface area contributed by atoms with Crippen LogP contribution in [0.4, 0.5) is 0 Å². The Hall–Kier alpha value is -1.14. The van der Waals surface area contributed by atoms with E-state index >= 15 is 0 Å². The van der Waals surface area contributed by atoms with Crippen LogP contribution in [0, 0.1) is 0 Å². The molecule has 0 aliphatic carbocycles. The number of nitrogens with zero attached hydrogens (tertiary/aromatic N) is 2. The van der Waals surface area contributed by atoms with Gasteiger partial charge < -0.3 is 19.4 Å². The summed E-state index contributed by atoms with van der Waals surface area (Å²) in [6.07, 6.45) is 3.42. The second-order valence-corrected chi connectivity index (χ2v) is 8.09. The van der Waals surface area contributed by atoms with E-state index in [2.05, 4.69) is 47.6 Å². The smallest absolute Gasteiger partial charge is 0.326 e. The van der Waals surface area contributed by atoms with Crippen molar-refractivity contribution in [3.05, 3.63) is 0 Å². The van der Waals surface area contributed by atoms with Crippen molar-refractivity contribution in [2.45, 2.75) is 38.1 Å². The maximum absolute atomic E-state index is 11.9. The number of aliphatic carboxylic acids is 1. The Morgan fingerprint density at radius 3 is 1.86 bits per heavy atom. The summed E-state index contributed by atoms with van der Waals surface area (Å²) in [5.74, 6) is -1.10. The lowest BCUT2D eigenvalue weighted by atomic mass is 10.1. The van der Waals surface area contributed by atoms with Gasteiger partial charge in [-0.25, -0.2) is 4.79 Å². The van der Waals surface area contributed by atoms with E-state index in [0.717, 1.165) is 41.3 Å². The zero-order chi connectivity index (χ0) is 17.4.